The van der Waals surface area contributed by atoms with Crippen molar-refractivity contribution in [3.8, 4) is 11.4 Å². The lowest BCUT2D eigenvalue weighted by Crippen LogP contribution is -2.48. The third-order valence-electron chi connectivity index (χ3n) is 5.41. The van der Waals surface area contributed by atoms with E-state index in [9.17, 15) is 9.50 Å². The number of rotatable bonds is 3. The number of piperidine rings is 1. The van der Waals surface area contributed by atoms with Crippen LogP contribution in [0.5, 0.6) is 0 Å². The molecule has 2 atom stereocenters. The van der Waals surface area contributed by atoms with Gasteiger partial charge in [-0.25, -0.2) is 14.4 Å². The first kappa shape index (κ1) is 18.7. The van der Waals surface area contributed by atoms with Crippen LogP contribution in [-0.4, -0.2) is 39.3 Å². The van der Waals surface area contributed by atoms with Gasteiger partial charge in [0.05, 0.1) is 28.7 Å². The summed E-state index contributed by atoms with van der Waals surface area (Å²) in [4.78, 5) is 15.4. The maximum Gasteiger partial charge on any atom is 0.165 e. The van der Waals surface area contributed by atoms with Crippen LogP contribution in [0.3, 0.4) is 0 Å². The van der Waals surface area contributed by atoms with Crippen LogP contribution in [0.25, 0.3) is 22.3 Å². The zero-order valence-corrected chi connectivity index (χ0v) is 16.0. The van der Waals surface area contributed by atoms with Crippen molar-refractivity contribution >= 4 is 16.7 Å². The predicted octanol–water partition coefficient (Wildman–Crippen LogP) is 2.74. The Morgan fingerprint density at radius 2 is 1.79 bits per heavy atom. The molecule has 6 nitrogen and oxygen atoms in total. The normalized spacial score (nSPS) is 22.6. The molecule has 3 aromatic heterocycles. The predicted molar refractivity (Wildman–Crippen MR) is 107 cm³/mol. The first-order chi connectivity index (χ1) is 13.5. The second-order valence-corrected chi connectivity index (χ2v) is 7.62. The van der Waals surface area contributed by atoms with Gasteiger partial charge in [0, 0.05) is 31.2 Å². The van der Waals surface area contributed by atoms with Crippen LogP contribution in [-0.2, 0) is 6.54 Å². The molecule has 0 amide bonds. The van der Waals surface area contributed by atoms with Crippen LogP contribution in [0.15, 0.2) is 36.5 Å². The molecule has 1 aliphatic heterocycles. The Bertz CT molecular complexity index is 999. The zero-order chi connectivity index (χ0) is 19.8. The summed E-state index contributed by atoms with van der Waals surface area (Å²) >= 11 is 0. The number of nitrogens with zero attached hydrogens (tertiary/aromatic N) is 4. The largest absolute Gasteiger partial charge is 0.392 e. The van der Waals surface area contributed by atoms with E-state index < -0.39 is 0 Å². The topological polar surface area (TPSA) is 88.2 Å². The number of aliphatic hydroxyl groups is 1. The Labute approximate surface area is 163 Å². The van der Waals surface area contributed by atoms with E-state index in [0.29, 0.717) is 36.8 Å². The second-order valence-electron chi connectivity index (χ2n) is 7.62. The SMILES string of the molecule is CC1CN(c2nc(-c3ccc4cnc(CN)cc4n3)ccc2F)CC(C)C1O. The van der Waals surface area contributed by atoms with Gasteiger partial charge in [0.1, 0.15) is 0 Å². The average Bonchev–Trinajstić information content (AvgIpc) is 2.71. The molecule has 0 bridgehead atoms. The van der Waals surface area contributed by atoms with Crippen molar-refractivity contribution in [1.29, 1.82) is 0 Å². The van der Waals surface area contributed by atoms with Crippen LogP contribution in [0.2, 0.25) is 0 Å². The quantitative estimate of drug-likeness (QED) is 0.725. The molecule has 0 spiro atoms. The molecule has 0 saturated carbocycles. The fourth-order valence-corrected chi connectivity index (χ4v) is 3.83. The molecule has 1 fully saturated rings. The summed E-state index contributed by atoms with van der Waals surface area (Å²) in [6, 6.07) is 8.72. The highest BCUT2D eigenvalue weighted by Gasteiger charge is 2.32. The van der Waals surface area contributed by atoms with Gasteiger partial charge in [-0.2, -0.15) is 0 Å². The van der Waals surface area contributed by atoms with Gasteiger partial charge in [-0.05, 0) is 42.2 Å². The zero-order valence-electron chi connectivity index (χ0n) is 16.0. The molecule has 0 aliphatic carbocycles. The van der Waals surface area contributed by atoms with Crippen molar-refractivity contribution in [2.45, 2.75) is 26.5 Å². The van der Waals surface area contributed by atoms with Crippen LogP contribution >= 0.6 is 0 Å². The third kappa shape index (κ3) is 3.43. The van der Waals surface area contributed by atoms with Gasteiger partial charge in [0.25, 0.3) is 0 Å². The van der Waals surface area contributed by atoms with Gasteiger partial charge < -0.3 is 15.7 Å². The number of pyridine rings is 3. The number of hydrogen-bond donors (Lipinski definition) is 2. The molecule has 7 heteroatoms. The van der Waals surface area contributed by atoms with Crippen molar-refractivity contribution in [1.82, 2.24) is 15.0 Å². The lowest BCUT2D eigenvalue weighted by molar-refractivity contribution is 0.0525. The molecule has 0 aromatic carbocycles. The molecule has 0 radical (unpaired) electrons. The number of fused-ring (bicyclic) bond motifs is 1. The van der Waals surface area contributed by atoms with E-state index in [1.54, 1.807) is 12.3 Å². The van der Waals surface area contributed by atoms with Crippen LogP contribution in [0, 0.1) is 17.7 Å². The number of halogens is 1. The molecule has 146 valence electrons. The van der Waals surface area contributed by atoms with Crippen molar-refractivity contribution in [2.24, 2.45) is 17.6 Å². The summed E-state index contributed by atoms with van der Waals surface area (Å²) in [5.74, 6) is 0.0430. The van der Waals surface area contributed by atoms with Gasteiger partial charge in [0.2, 0.25) is 0 Å². The third-order valence-corrected chi connectivity index (χ3v) is 5.41. The maximum absolute atomic E-state index is 14.6. The Balaban J connectivity index is 1.71. The van der Waals surface area contributed by atoms with Crippen molar-refractivity contribution in [3.63, 3.8) is 0 Å². The average molecular weight is 381 g/mol. The van der Waals surface area contributed by atoms with Gasteiger partial charge in [-0.15, -0.1) is 0 Å². The van der Waals surface area contributed by atoms with E-state index in [-0.39, 0.29) is 23.8 Å². The van der Waals surface area contributed by atoms with Crippen LogP contribution < -0.4 is 10.6 Å². The van der Waals surface area contributed by atoms with Gasteiger partial charge >= 0.3 is 0 Å². The van der Waals surface area contributed by atoms with E-state index in [4.69, 9.17) is 5.73 Å². The van der Waals surface area contributed by atoms with Gasteiger partial charge in [0.15, 0.2) is 11.6 Å². The van der Waals surface area contributed by atoms with Gasteiger partial charge in [-0.3, -0.25) is 4.98 Å². The van der Waals surface area contributed by atoms with E-state index in [0.717, 1.165) is 16.6 Å². The molecule has 4 rings (SSSR count). The summed E-state index contributed by atoms with van der Waals surface area (Å²) in [6.45, 7) is 5.43. The first-order valence-electron chi connectivity index (χ1n) is 9.52. The van der Waals surface area contributed by atoms with Crippen LogP contribution in [0.4, 0.5) is 10.2 Å². The fraction of sp³-hybridized carbons (Fsp3) is 0.381. The first-order valence-corrected chi connectivity index (χ1v) is 9.52. The van der Waals surface area contributed by atoms with Crippen LogP contribution in [0.1, 0.15) is 19.5 Å². The molecule has 3 aromatic rings. The summed E-state index contributed by atoms with van der Waals surface area (Å²) in [5, 5.41) is 11.1. The number of aliphatic hydroxyl groups excluding tert-OH is 1. The highest BCUT2D eigenvalue weighted by Crippen LogP contribution is 2.29. The van der Waals surface area contributed by atoms with Gasteiger partial charge in [-0.1, -0.05) is 13.8 Å². The van der Waals surface area contributed by atoms with Crippen molar-refractivity contribution < 1.29 is 9.50 Å². The van der Waals surface area contributed by atoms with E-state index in [1.165, 1.54) is 6.07 Å². The maximum atomic E-state index is 14.6. The van der Waals surface area contributed by atoms with Crippen molar-refractivity contribution in [2.75, 3.05) is 18.0 Å². The fourth-order valence-electron chi connectivity index (χ4n) is 3.83. The second kappa shape index (κ2) is 7.41. The van der Waals surface area contributed by atoms with E-state index >= 15 is 0 Å². The lowest BCUT2D eigenvalue weighted by Gasteiger charge is -2.39. The summed E-state index contributed by atoms with van der Waals surface area (Å²) in [6.07, 6.45) is 1.37. The highest BCUT2D eigenvalue weighted by molar-refractivity contribution is 5.80. The molecule has 3 N–H and O–H groups in total. The molecular weight excluding hydrogens is 357 g/mol. The van der Waals surface area contributed by atoms with E-state index in [1.807, 2.05) is 36.9 Å². The Hall–Kier alpha value is -2.64. The van der Waals surface area contributed by atoms with Crippen molar-refractivity contribution in [3.05, 3.63) is 48.0 Å². The molecule has 1 saturated heterocycles. The molecule has 2 unspecified atom stereocenters. The molecule has 4 heterocycles. The standard InChI is InChI=1S/C21H24FN5O/c1-12-10-27(11-13(2)20(12)28)21-16(22)4-6-18(26-21)17-5-3-14-9-24-15(8-23)7-19(14)25-17/h3-7,9,12-13,20,28H,8,10-11,23H2,1-2H3. The minimum Gasteiger partial charge on any atom is -0.392 e. The summed E-state index contributed by atoms with van der Waals surface area (Å²) in [7, 11) is 0. The molecule has 28 heavy (non-hydrogen) atoms. The smallest absolute Gasteiger partial charge is 0.165 e. The summed E-state index contributed by atoms with van der Waals surface area (Å²) in [5.41, 5.74) is 8.49. The minimum absolute atomic E-state index is 0.0505. The molecule has 1 aliphatic rings. The lowest BCUT2D eigenvalue weighted by atomic mass is 9.88. The summed E-state index contributed by atoms with van der Waals surface area (Å²) < 4.78 is 14.6. The number of hydrogen-bond acceptors (Lipinski definition) is 6. The molecular formula is C21H24FN5O. The van der Waals surface area contributed by atoms with E-state index in [2.05, 4.69) is 15.0 Å². The monoisotopic (exact) mass is 381 g/mol. The Kier molecular flexibility index (Phi) is 4.95. The number of anilines is 1. The Morgan fingerprint density at radius 3 is 2.50 bits per heavy atom. The minimum atomic E-state index is -0.380. The Morgan fingerprint density at radius 1 is 1.11 bits per heavy atom. The number of aromatic nitrogens is 3. The number of nitrogens with two attached hydrogens (primary N) is 1. The highest BCUT2D eigenvalue weighted by atomic mass is 19.1.